The Bertz CT molecular complexity index is 1250. The average molecular weight is 424 g/mol. The molecular weight excluding hydrogens is 398 g/mol. The van der Waals surface area contributed by atoms with E-state index in [0.29, 0.717) is 0 Å². The lowest BCUT2D eigenvalue weighted by molar-refractivity contribution is 0.414. The zero-order chi connectivity index (χ0) is 22.5. The lowest BCUT2D eigenvalue weighted by Gasteiger charge is -2.34. The number of phenolic OH excluding ortho intramolecular Hbond substituents is 2. The Balaban J connectivity index is 1.95. The number of rotatable bonds is 4. The molecule has 0 amide bonds. The van der Waals surface area contributed by atoms with Crippen LogP contribution in [0.15, 0.2) is 84.9 Å². The van der Waals surface area contributed by atoms with Gasteiger partial charge in [-0.05, 0) is 81.9 Å². The maximum absolute atomic E-state index is 10.0. The first kappa shape index (κ1) is 20.0. The minimum Gasteiger partial charge on any atom is -0.508 e. The van der Waals surface area contributed by atoms with Gasteiger partial charge >= 0.3 is 0 Å². The van der Waals surface area contributed by atoms with Crippen molar-refractivity contribution in [2.45, 2.75) is 5.41 Å². The summed E-state index contributed by atoms with van der Waals surface area (Å²) in [7, 11) is 5.75. The van der Waals surface area contributed by atoms with Gasteiger partial charge in [0.25, 0.3) is 0 Å². The second-order valence-corrected chi connectivity index (χ2v) is 8.38. The first-order valence-electron chi connectivity index (χ1n) is 10.5. The molecule has 5 rings (SSSR count). The van der Waals surface area contributed by atoms with Gasteiger partial charge in [-0.2, -0.15) is 0 Å². The van der Waals surface area contributed by atoms with Crippen LogP contribution in [0.25, 0.3) is 11.1 Å². The van der Waals surface area contributed by atoms with E-state index in [4.69, 9.17) is 4.74 Å². The van der Waals surface area contributed by atoms with Crippen molar-refractivity contribution in [3.05, 3.63) is 107 Å². The lowest BCUT2D eigenvalue weighted by atomic mass is 9.67. The summed E-state index contributed by atoms with van der Waals surface area (Å²) in [6.07, 6.45) is 0. The molecule has 0 saturated carbocycles. The number of aromatic hydroxyl groups is 2. The van der Waals surface area contributed by atoms with Gasteiger partial charge in [-0.3, -0.25) is 0 Å². The Labute approximate surface area is 188 Å². The third-order valence-corrected chi connectivity index (χ3v) is 6.45. The molecule has 0 atom stereocenters. The van der Waals surface area contributed by atoms with Crippen molar-refractivity contribution < 1.29 is 14.9 Å². The third kappa shape index (κ3) is 2.83. The van der Waals surface area contributed by atoms with Crippen LogP contribution in [0.1, 0.15) is 22.3 Å². The van der Waals surface area contributed by atoms with E-state index in [0.717, 1.165) is 44.8 Å². The molecule has 4 heteroatoms. The molecule has 32 heavy (non-hydrogen) atoms. The molecule has 0 aromatic heterocycles. The molecule has 2 N–H and O–H groups in total. The summed E-state index contributed by atoms with van der Waals surface area (Å²) < 4.78 is 5.62. The van der Waals surface area contributed by atoms with Crippen molar-refractivity contribution in [1.82, 2.24) is 0 Å². The molecule has 0 spiro atoms. The van der Waals surface area contributed by atoms with Crippen LogP contribution in [0, 0.1) is 0 Å². The number of hydrogen-bond donors (Lipinski definition) is 2. The largest absolute Gasteiger partial charge is 0.508 e. The highest BCUT2D eigenvalue weighted by molar-refractivity contribution is 5.88. The molecule has 160 valence electrons. The van der Waals surface area contributed by atoms with Crippen molar-refractivity contribution in [1.29, 1.82) is 0 Å². The van der Waals surface area contributed by atoms with Gasteiger partial charge in [0.1, 0.15) is 17.2 Å². The van der Waals surface area contributed by atoms with Gasteiger partial charge in [0, 0.05) is 19.8 Å². The number of ether oxygens (including phenoxy) is 1. The van der Waals surface area contributed by atoms with Crippen LogP contribution >= 0.6 is 0 Å². The number of anilines is 1. The monoisotopic (exact) mass is 423 g/mol. The van der Waals surface area contributed by atoms with Crippen molar-refractivity contribution in [3.8, 4) is 28.4 Å². The minimum absolute atomic E-state index is 0.223. The highest BCUT2D eigenvalue weighted by Crippen LogP contribution is 2.57. The van der Waals surface area contributed by atoms with Crippen LogP contribution in [0.3, 0.4) is 0 Å². The second kappa shape index (κ2) is 7.34. The van der Waals surface area contributed by atoms with E-state index in [1.54, 1.807) is 31.4 Å². The molecule has 4 aromatic carbocycles. The van der Waals surface area contributed by atoms with Gasteiger partial charge in [-0.15, -0.1) is 0 Å². The summed E-state index contributed by atoms with van der Waals surface area (Å²) in [5.41, 5.74) is 7.11. The molecule has 4 nitrogen and oxygen atoms in total. The van der Waals surface area contributed by atoms with E-state index in [9.17, 15) is 10.2 Å². The molecule has 0 unspecified atom stereocenters. The van der Waals surface area contributed by atoms with Gasteiger partial charge < -0.3 is 19.8 Å². The van der Waals surface area contributed by atoms with Crippen LogP contribution in [0.2, 0.25) is 0 Å². The molecule has 0 saturated heterocycles. The topological polar surface area (TPSA) is 52.9 Å². The van der Waals surface area contributed by atoms with Gasteiger partial charge in [0.05, 0.1) is 12.5 Å². The lowest BCUT2D eigenvalue weighted by Crippen LogP contribution is -2.28. The summed E-state index contributed by atoms with van der Waals surface area (Å²) in [6, 6.07) is 27.6. The van der Waals surface area contributed by atoms with Gasteiger partial charge in [0.15, 0.2) is 0 Å². The van der Waals surface area contributed by atoms with Gasteiger partial charge in [0.2, 0.25) is 0 Å². The fourth-order valence-corrected chi connectivity index (χ4v) is 4.91. The predicted molar refractivity (Wildman–Crippen MR) is 128 cm³/mol. The van der Waals surface area contributed by atoms with E-state index in [1.165, 1.54) is 0 Å². The molecule has 0 heterocycles. The summed E-state index contributed by atoms with van der Waals surface area (Å²) >= 11 is 0. The highest BCUT2D eigenvalue weighted by Gasteiger charge is 2.46. The number of methoxy groups -OCH3 is 1. The highest BCUT2D eigenvalue weighted by atomic mass is 16.5. The van der Waals surface area contributed by atoms with Crippen LogP contribution in [0.5, 0.6) is 17.2 Å². The van der Waals surface area contributed by atoms with E-state index >= 15 is 0 Å². The maximum Gasteiger partial charge on any atom is 0.119 e. The number of hydrogen-bond acceptors (Lipinski definition) is 4. The van der Waals surface area contributed by atoms with E-state index in [1.807, 2.05) is 44.4 Å². The summed E-state index contributed by atoms with van der Waals surface area (Å²) in [5.74, 6) is 1.23. The zero-order valence-corrected chi connectivity index (χ0v) is 18.3. The summed E-state index contributed by atoms with van der Waals surface area (Å²) in [4.78, 5) is 2.10. The van der Waals surface area contributed by atoms with Crippen LogP contribution in [-0.2, 0) is 5.41 Å². The number of benzene rings is 4. The zero-order valence-electron chi connectivity index (χ0n) is 18.3. The quantitative estimate of drug-likeness (QED) is 0.399. The molecule has 1 aliphatic carbocycles. The van der Waals surface area contributed by atoms with E-state index in [2.05, 4.69) is 35.2 Å². The van der Waals surface area contributed by atoms with Crippen molar-refractivity contribution in [3.63, 3.8) is 0 Å². The van der Waals surface area contributed by atoms with Crippen LogP contribution in [0.4, 0.5) is 5.69 Å². The van der Waals surface area contributed by atoms with Gasteiger partial charge in [-0.1, -0.05) is 36.4 Å². The summed E-state index contributed by atoms with van der Waals surface area (Å²) in [6.45, 7) is 0. The van der Waals surface area contributed by atoms with Crippen molar-refractivity contribution in [2.75, 3.05) is 26.1 Å². The SMILES string of the molecule is COc1ccc2c(c1)C(c1ccc(O)cc1)(c1ccc(O)cc1)c1cc(N(C)C)ccc1-2. The Morgan fingerprint density at radius 3 is 1.66 bits per heavy atom. The van der Waals surface area contributed by atoms with Crippen molar-refractivity contribution in [2.24, 2.45) is 0 Å². The molecule has 0 bridgehead atoms. The van der Waals surface area contributed by atoms with Crippen LogP contribution in [-0.4, -0.2) is 31.4 Å². The Morgan fingerprint density at radius 2 is 1.16 bits per heavy atom. The molecule has 0 aliphatic heterocycles. The third-order valence-electron chi connectivity index (χ3n) is 6.45. The van der Waals surface area contributed by atoms with Gasteiger partial charge in [-0.25, -0.2) is 0 Å². The Morgan fingerprint density at radius 1 is 0.656 bits per heavy atom. The fraction of sp³-hybridized carbons (Fsp3) is 0.143. The molecule has 4 aromatic rings. The summed E-state index contributed by atoms with van der Waals surface area (Å²) in [5, 5.41) is 20.0. The van der Waals surface area contributed by atoms with Crippen LogP contribution < -0.4 is 9.64 Å². The Hall–Kier alpha value is -3.92. The standard InChI is InChI=1S/C28H25NO3/c1-29(2)20-8-14-24-25-15-13-23(32-3)17-27(25)28(26(24)16-20,18-4-9-21(30)10-5-18)19-6-11-22(31)12-7-19/h4-17,30-31H,1-3H3. The maximum atomic E-state index is 10.0. The first-order chi connectivity index (χ1) is 15.4. The molecule has 0 radical (unpaired) electrons. The van der Waals surface area contributed by atoms with E-state index < -0.39 is 5.41 Å². The smallest absolute Gasteiger partial charge is 0.119 e. The fourth-order valence-electron chi connectivity index (χ4n) is 4.91. The van der Waals surface area contributed by atoms with Crippen molar-refractivity contribution >= 4 is 5.69 Å². The first-order valence-corrected chi connectivity index (χ1v) is 10.5. The van der Waals surface area contributed by atoms with E-state index in [-0.39, 0.29) is 11.5 Å². The second-order valence-electron chi connectivity index (χ2n) is 8.38. The Kier molecular flexibility index (Phi) is 4.59. The number of phenols is 2. The minimum atomic E-state index is -0.632. The number of nitrogens with zero attached hydrogens (tertiary/aromatic N) is 1. The predicted octanol–water partition coefficient (Wildman–Crippen LogP) is 5.54. The average Bonchev–Trinajstić information content (AvgIpc) is 3.10. The normalized spacial score (nSPS) is 13.3. The molecule has 1 aliphatic rings. The molecule has 0 fully saturated rings. The molecular formula is C28H25NO3. The number of fused-ring (bicyclic) bond motifs is 3.